The smallest absolute Gasteiger partial charge is 0.166 e. The number of nitrogens with one attached hydrogen (secondary N) is 1. The van der Waals surface area contributed by atoms with Crippen LogP contribution in [0.2, 0.25) is 0 Å². The summed E-state index contributed by atoms with van der Waals surface area (Å²) in [6, 6.07) is 3.89. The van der Waals surface area contributed by atoms with E-state index in [4.69, 9.17) is 9.47 Å². The van der Waals surface area contributed by atoms with E-state index in [1.165, 1.54) is 0 Å². The van der Waals surface area contributed by atoms with Gasteiger partial charge in [-0.1, -0.05) is 22.9 Å². The fraction of sp³-hybridized carbons (Fsp3) is 0.500. The van der Waals surface area contributed by atoms with Crippen molar-refractivity contribution in [3.05, 3.63) is 22.2 Å². The Hall–Kier alpha value is -0.740. The minimum Gasteiger partial charge on any atom is -0.493 e. The third-order valence-corrected chi connectivity index (χ3v) is 2.97. The molecule has 1 rings (SSSR count). The third-order valence-electron chi connectivity index (χ3n) is 2.23. The van der Waals surface area contributed by atoms with Gasteiger partial charge in [-0.25, -0.2) is 0 Å². The van der Waals surface area contributed by atoms with Crippen LogP contribution in [0, 0.1) is 0 Å². The van der Waals surface area contributed by atoms with E-state index in [1.54, 1.807) is 7.11 Å². The molecular weight excluding hydrogens is 270 g/mol. The van der Waals surface area contributed by atoms with E-state index < -0.39 is 0 Å². The summed E-state index contributed by atoms with van der Waals surface area (Å²) in [7, 11) is 1.66. The lowest BCUT2D eigenvalue weighted by atomic mass is 10.2. The minimum atomic E-state index is 0.631. The van der Waals surface area contributed by atoms with Crippen molar-refractivity contribution >= 4 is 15.9 Å². The van der Waals surface area contributed by atoms with Crippen LogP contribution in [0.1, 0.15) is 19.4 Å². The summed E-state index contributed by atoms with van der Waals surface area (Å²) >= 11 is 3.54. The molecule has 0 spiro atoms. The molecule has 1 aromatic rings. The highest BCUT2D eigenvalue weighted by atomic mass is 79.9. The van der Waals surface area contributed by atoms with Gasteiger partial charge in [0.2, 0.25) is 0 Å². The fourth-order valence-electron chi connectivity index (χ4n) is 1.46. The molecule has 0 amide bonds. The molecule has 4 heteroatoms. The van der Waals surface area contributed by atoms with E-state index in [2.05, 4.69) is 28.2 Å². The van der Waals surface area contributed by atoms with Gasteiger partial charge in [0.1, 0.15) is 0 Å². The van der Waals surface area contributed by atoms with Gasteiger partial charge in [0.05, 0.1) is 13.7 Å². The van der Waals surface area contributed by atoms with Crippen LogP contribution in [0.4, 0.5) is 0 Å². The van der Waals surface area contributed by atoms with E-state index in [1.807, 2.05) is 19.1 Å². The van der Waals surface area contributed by atoms with Gasteiger partial charge >= 0.3 is 0 Å². The molecule has 0 radical (unpaired) electrons. The monoisotopic (exact) mass is 287 g/mol. The first-order valence-corrected chi connectivity index (χ1v) is 6.22. The van der Waals surface area contributed by atoms with Gasteiger partial charge in [0.25, 0.3) is 0 Å². The van der Waals surface area contributed by atoms with Crippen molar-refractivity contribution in [1.29, 1.82) is 0 Å². The highest BCUT2D eigenvalue weighted by Gasteiger charge is 2.13. The maximum atomic E-state index is 5.64. The molecule has 16 heavy (non-hydrogen) atoms. The Balaban J connectivity index is 3.08. The summed E-state index contributed by atoms with van der Waals surface area (Å²) in [6.07, 6.45) is 0. The molecular formula is C12H18BrNO2. The first-order valence-electron chi connectivity index (χ1n) is 5.43. The number of hydrogen-bond acceptors (Lipinski definition) is 3. The Morgan fingerprint density at radius 2 is 2.06 bits per heavy atom. The van der Waals surface area contributed by atoms with Crippen molar-refractivity contribution in [2.75, 3.05) is 20.3 Å². The maximum absolute atomic E-state index is 5.64. The van der Waals surface area contributed by atoms with Gasteiger partial charge in [-0.15, -0.1) is 0 Å². The maximum Gasteiger partial charge on any atom is 0.166 e. The number of hydrogen-bond donors (Lipinski definition) is 1. The second-order valence-electron chi connectivity index (χ2n) is 3.27. The molecule has 3 nitrogen and oxygen atoms in total. The molecule has 0 bridgehead atoms. The molecule has 1 N–H and O–H groups in total. The van der Waals surface area contributed by atoms with Gasteiger partial charge in [-0.3, -0.25) is 0 Å². The second-order valence-corrected chi connectivity index (χ2v) is 4.13. The number of methoxy groups -OCH3 is 1. The topological polar surface area (TPSA) is 30.5 Å². The zero-order valence-electron chi connectivity index (χ0n) is 9.97. The van der Waals surface area contributed by atoms with Crippen LogP contribution >= 0.6 is 15.9 Å². The van der Waals surface area contributed by atoms with Crippen molar-refractivity contribution in [2.45, 2.75) is 20.4 Å². The van der Waals surface area contributed by atoms with Gasteiger partial charge < -0.3 is 14.8 Å². The number of halogens is 1. The average molecular weight is 288 g/mol. The Bertz CT molecular complexity index is 342. The van der Waals surface area contributed by atoms with Crippen molar-refractivity contribution < 1.29 is 9.47 Å². The Morgan fingerprint density at radius 1 is 1.31 bits per heavy atom. The standard InChI is InChI=1S/C12H18BrNO2/c1-4-14-8-9-10(13)6-7-11(15-3)12(9)16-5-2/h6-7,14H,4-5,8H2,1-3H3. The highest BCUT2D eigenvalue weighted by Crippen LogP contribution is 2.36. The zero-order chi connectivity index (χ0) is 12.0. The molecule has 0 fully saturated rings. The first kappa shape index (κ1) is 13.3. The SMILES string of the molecule is CCNCc1c(Br)ccc(OC)c1OCC. The molecule has 0 saturated carbocycles. The average Bonchev–Trinajstić information content (AvgIpc) is 2.29. The van der Waals surface area contributed by atoms with Gasteiger partial charge in [-0.2, -0.15) is 0 Å². The molecule has 0 atom stereocenters. The zero-order valence-corrected chi connectivity index (χ0v) is 11.6. The summed E-state index contributed by atoms with van der Waals surface area (Å²) in [6.45, 7) is 6.37. The van der Waals surface area contributed by atoms with Crippen LogP contribution in [0.5, 0.6) is 11.5 Å². The number of benzene rings is 1. The molecule has 90 valence electrons. The van der Waals surface area contributed by atoms with Gasteiger partial charge in [-0.05, 0) is 25.6 Å². The van der Waals surface area contributed by atoms with Gasteiger partial charge in [0, 0.05) is 16.6 Å². The molecule has 0 aliphatic heterocycles. The van der Waals surface area contributed by atoms with Crippen LogP contribution in [0.25, 0.3) is 0 Å². The molecule has 1 aromatic carbocycles. The van der Waals surface area contributed by atoms with E-state index in [-0.39, 0.29) is 0 Å². The normalized spacial score (nSPS) is 10.2. The summed E-state index contributed by atoms with van der Waals surface area (Å²) in [5.41, 5.74) is 1.10. The van der Waals surface area contributed by atoms with Crippen molar-refractivity contribution in [3.8, 4) is 11.5 Å². The lowest BCUT2D eigenvalue weighted by molar-refractivity contribution is 0.306. The van der Waals surface area contributed by atoms with Crippen molar-refractivity contribution in [1.82, 2.24) is 5.32 Å². The van der Waals surface area contributed by atoms with Crippen LogP contribution in [0.3, 0.4) is 0 Å². The molecule has 0 aromatic heterocycles. The first-order chi connectivity index (χ1) is 7.74. The largest absolute Gasteiger partial charge is 0.493 e. The summed E-state index contributed by atoms with van der Waals surface area (Å²) in [5.74, 6) is 1.60. The van der Waals surface area contributed by atoms with Crippen LogP contribution in [-0.2, 0) is 6.54 Å². The second kappa shape index (κ2) is 6.76. The quantitative estimate of drug-likeness (QED) is 0.873. The summed E-state index contributed by atoms with van der Waals surface area (Å²) in [5, 5.41) is 3.29. The van der Waals surface area contributed by atoms with E-state index >= 15 is 0 Å². The molecule has 0 unspecified atom stereocenters. The van der Waals surface area contributed by atoms with Crippen LogP contribution < -0.4 is 14.8 Å². The predicted octanol–water partition coefficient (Wildman–Crippen LogP) is 2.97. The summed E-state index contributed by atoms with van der Waals surface area (Å²) < 4.78 is 12.0. The number of rotatable bonds is 6. The molecule has 0 heterocycles. The molecule has 0 aliphatic carbocycles. The van der Waals surface area contributed by atoms with Crippen molar-refractivity contribution in [3.63, 3.8) is 0 Å². The highest BCUT2D eigenvalue weighted by molar-refractivity contribution is 9.10. The van der Waals surface area contributed by atoms with Crippen LogP contribution in [-0.4, -0.2) is 20.3 Å². The minimum absolute atomic E-state index is 0.631. The lowest BCUT2D eigenvalue weighted by Crippen LogP contribution is -2.14. The van der Waals surface area contributed by atoms with Crippen molar-refractivity contribution in [2.24, 2.45) is 0 Å². The molecule has 0 saturated heterocycles. The Morgan fingerprint density at radius 3 is 2.62 bits per heavy atom. The lowest BCUT2D eigenvalue weighted by Gasteiger charge is -2.15. The summed E-state index contributed by atoms with van der Waals surface area (Å²) in [4.78, 5) is 0. The Kier molecular flexibility index (Phi) is 5.63. The number of ether oxygens (including phenoxy) is 2. The fourth-order valence-corrected chi connectivity index (χ4v) is 1.91. The predicted molar refractivity (Wildman–Crippen MR) is 69.2 cm³/mol. The van der Waals surface area contributed by atoms with Crippen LogP contribution in [0.15, 0.2) is 16.6 Å². The van der Waals surface area contributed by atoms with Gasteiger partial charge in [0.15, 0.2) is 11.5 Å². The van der Waals surface area contributed by atoms with E-state index in [9.17, 15) is 0 Å². The van der Waals surface area contributed by atoms with E-state index in [0.717, 1.165) is 34.6 Å². The molecule has 0 aliphatic rings. The Labute approximate surface area is 105 Å². The van der Waals surface area contributed by atoms with E-state index in [0.29, 0.717) is 6.61 Å². The third kappa shape index (κ3) is 3.12.